The highest BCUT2D eigenvalue weighted by Crippen LogP contribution is 2.22. The van der Waals surface area contributed by atoms with Crippen LogP contribution in [0, 0.1) is 0 Å². The normalized spacial score (nSPS) is 10.2. The molecule has 0 amide bonds. The number of benzene rings is 2. The second-order valence-electron chi connectivity index (χ2n) is 4.52. The van der Waals surface area contributed by atoms with Crippen LogP contribution < -0.4 is 0 Å². The Kier molecular flexibility index (Phi) is 4.72. The van der Waals surface area contributed by atoms with Crippen molar-refractivity contribution in [2.24, 2.45) is 0 Å². The lowest BCUT2D eigenvalue weighted by Crippen LogP contribution is -2.14. The van der Waals surface area contributed by atoms with Crippen molar-refractivity contribution in [3.05, 3.63) is 69.2 Å². The molecule has 0 radical (unpaired) electrons. The fourth-order valence-corrected chi connectivity index (χ4v) is 2.63. The standard InChI is InChI=1S/C16H11BrO5/c17-13-7-2-1-4-11(13)14(18)8-12-9(15(19)20)5-3-6-10(12)16(21)22/h1-7H,8H2,(H,19,20)(H,21,22). The maximum absolute atomic E-state index is 12.4. The molecule has 0 atom stereocenters. The van der Waals surface area contributed by atoms with Gasteiger partial charge in [-0.3, -0.25) is 4.79 Å². The van der Waals surface area contributed by atoms with E-state index >= 15 is 0 Å². The summed E-state index contributed by atoms with van der Waals surface area (Å²) in [6, 6.07) is 10.6. The maximum atomic E-state index is 12.4. The van der Waals surface area contributed by atoms with Gasteiger partial charge in [0.05, 0.1) is 11.1 Å². The number of carbonyl (C=O) groups excluding carboxylic acids is 1. The van der Waals surface area contributed by atoms with Gasteiger partial charge in [-0.1, -0.05) is 40.2 Å². The van der Waals surface area contributed by atoms with Gasteiger partial charge in [0, 0.05) is 16.5 Å². The second kappa shape index (κ2) is 6.53. The zero-order chi connectivity index (χ0) is 16.3. The number of carboxylic acid groups (broad SMARTS) is 2. The van der Waals surface area contributed by atoms with Crippen molar-refractivity contribution in [3.63, 3.8) is 0 Å². The fraction of sp³-hybridized carbons (Fsp3) is 0.0625. The summed E-state index contributed by atoms with van der Waals surface area (Å²) in [6.45, 7) is 0. The van der Waals surface area contributed by atoms with Gasteiger partial charge in [-0.05, 0) is 23.8 Å². The minimum atomic E-state index is -1.27. The third-order valence-corrected chi connectivity index (χ3v) is 3.84. The molecule has 22 heavy (non-hydrogen) atoms. The number of rotatable bonds is 5. The topological polar surface area (TPSA) is 91.7 Å². The van der Waals surface area contributed by atoms with Crippen LogP contribution in [0.15, 0.2) is 46.9 Å². The van der Waals surface area contributed by atoms with E-state index in [9.17, 15) is 24.6 Å². The van der Waals surface area contributed by atoms with Crippen LogP contribution in [-0.4, -0.2) is 27.9 Å². The van der Waals surface area contributed by atoms with Gasteiger partial charge in [0.15, 0.2) is 5.78 Å². The van der Waals surface area contributed by atoms with Gasteiger partial charge in [-0.25, -0.2) is 9.59 Å². The highest BCUT2D eigenvalue weighted by atomic mass is 79.9. The molecule has 2 aromatic rings. The molecule has 0 aliphatic carbocycles. The van der Waals surface area contributed by atoms with Crippen LogP contribution in [0.2, 0.25) is 0 Å². The Morgan fingerprint density at radius 1 is 0.818 bits per heavy atom. The average molecular weight is 363 g/mol. The summed E-state index contributed by atoms with van der Waals surface area (Å²) in [5.41, 5.74) is 0.0166. The molecule has 2 N–H and O–H groups in total. The number of hydrogen-bond acceptors (Lipinski definition) is 3. The molecule has 5 nitrogen and oxygen atoms in total. The van der Waals surface area contributed by atoms with Crippen LogP contribution in [0.3, 0.4) is 0 Å². The first kappa shape index (κ1) is 15.9. The first-order valence-corrected chi connectivity index (χ1v) is 7.07. The average Bonchev–Trinajstić information content (AvgIpc) is 2.47. The van der Waals surface area contributed by atoms with Crippen molar-refractivity contribution in [2.75, 3.05) is 0 Å². The monoisotopic (exact) mass is 362 g/mol. The van der Waals surface area contributed by atoms with E-state index in [4.69, 9.17) is 0 Å². The van der Waals surface area contributed by atoms with Gasteiger partial charge < -0.3 is 10.2 Å². The number of Topliss-reactive ketones (excluding diaryl/α,β-unsaturated/α-hetero) is 1. The smallest absolute Gasteiger partial charge is 0.336 e. The maximum Gasteiger partial charge on any atom is 0.336 e. The molecule has 0 spiro atoms. The van der Waals surface area contributed by atoms with Gasteiger partial charge in [-0.15, -0.1) is 0 Å². The van der Waals surface area contributed by atoms with Gasteiger partial charge in [0.25, 0.3) is 0 Å². The molecule has 6 heteroatoms. The number of carbonyl (C=O) groups is 3. The molecule has 0 aliphatic heterocycles. The Hall–Kier alpha value is -2.47. The largest absolute Gasteiger partial charge is 0.478 e. The second-order valence-corrected chi connectivity index (χ2v) is 5.38. The summed E-state index contributed by atoms with van der Waals surface area (Å²) in [5, 5.41) is 18.4. The van der Waals surface area contributed by atoms with E-state index in [1.54, 1.807) is 24.3 Å². The third kappa shape index (κ3) is 3.23. The van der Waals surface area contributed by atoms with Crippen LogP contribution in [0.5, 0.6) is 0 Å². The summed E-state index contributed by atoms with van der Waals surface area (Å²) in [5.74, 6) is -2.89. The molecule has 0 saturated carbocycles. The van der Waals surface area contributed by atoms with Crippen LogP contribution >= 0.6 is 15.9 Å². The van der Waals surface area contributed by atoms with Crippen molar-refractivity contribution < 1.29 is 24.6 Å². The summed E-state index contributed by atoms with van der Waals surface area (Å²) >= 11 is 3.25. The SMILES string of the molecule is O=C(Cc1c(C(=O)O)cccc1C(=O)O)c1ccccc1Br. The van der Waals surface area contributed by atoms with Gasteiger partial charge >= 0.3 is 11.9 Å². The molecular weight excluding hydrogens is 352 g/mol. The molecule has 0 saturated heterocycles. The zero-order valence-corrected chi connectivity index (χ0v) is 12.8. The number of carboxylic acids is 2. The molecule has 112 valence electrons. The molecule has 0 aromatic heterocycles. The van der Waals surface area contributed by atoms with Crippen LogP contribution in [0.1, 0.15) is 36.6 Å². The molecule has 0 fully saturated rings. The van der Waals surface area contributed by atoms with Crippen LogP contribution in [0.4, 0.5) is 0 Å². The quantitative estimate of drug-likeness (QED) is 0.796. The van der Waals surface area contributed by atoms with E-state index in [2.05, 4.69) is 15.9 Å². The van der Waals surface area contributed by atoms with Gasteiger partial charge in [0.1, 0.15) is 0 Å². The molecule has 2 aromatic carbocycles. The summed E-state index contributed by atoms with van der Waals surface area (Å²) in [7, 11) is 0. The zero-order valence-electron chi connectivity index (χ0n) is 11.2. The lowest BCUT2D eigenvalue weighted by molar-refractivity contribution is 0.0696. The predicted molar refractivity (Wildman–Crippen MR) is 82.5 cm³/mol. The van der Waals surface area contributed by atoms with Gasteiger partial charge in [-0.2, -0.15) is 0 Å². The Balaban J connectivity index is 2.48. The van der Waals surface area contributed by atoms with E-state index in [0.29, 0.717) is 10.0 Å². The number of aromatic carboxylic acids is 2. The highest BCUT2D eigenvalue weighted by molar-refractivity contribution is 9.10. The van der Waals surface area contributed by atoms with Crippen molar-refractivity contribution in [1.29, 1.82) is 0 Å². The third-order valence-electron chi connectivity index (χ3n) is 3.15. The fourth-order valence-electron chi connectivity index (χ4n) is 2.12. The first-order chi connectivity index (χ1) is 10.4. The summed E-state index contributed by atoms with van der Waals surface area (Å²) in [4.78, 5) is 34.9. The Labute approximate surface area is 134 Å². The Morgan fingerprint density at radius 2 is 1.32 bits per heavy atom. The van der Waals surface area contributed by atoms with E-state index in [-0.39, 0.29) is 28.9 Å². The molecule has 0 unspecified atom stereocenters. The number of halogens is 1. The molecular formula is C16H11BrO5. The first-order valence-electron chi connectivity index (χ1n) is 6.28. The molecule has 0 aliphatic rings. The van der Waals surface area contributed by atoms with Crippen molar-refractivity contribution in [2.45, 2.75) is 6.42 Å². The highest BCUT2D eigenvalue weighted by Gasteiger charge is 2.21. The van der Waals surface area contributed by atoms with Crippen molar-refractivity contribution in [3.8, 4) is 0 Å². The number of ketones is 1. The van der Waals surface area contributed by atoms with Crippen LogP contribution in [-0.2, 0) is 6.42 Å². The lowest BCUT2D eigenvalue weighted by atomic mass is 9.94. The minimum Gasteiger partial charge on any atom is -0.478 e. The molecule has 0 heterocycles. The van der Waals surface area contributed by atoms with E-state index in [0.717, 1.165) is 0 Å². The van der Waals surface area contributed by atoms with Crippen molar-refractivity contribution in [1.82, 2.24) is 0 Å². The van der Waals surface area contributed by atoms with Crippen molar-refractivity contribution >= 4 is 33.7 Å². The Morgan fingerprint density at radius 3 is 1.82 bits per heavy atom. The molecule has 0 bridgehead atoms. The Bertz CT molecular complexity index is 735. The van der Waals surface area contributed by atoms with Crippen LogP contribution in [0.25, 0.3) is 0 Å². The predicted octanol–water partition coefficient (Wildman–Crippen LogP) is 3.27. The van der Waals surface area contributed by atoms with E-state index in [1.165, 1.54) is 18.2 Å². The van der Waals surface area contributed by atoms with E-state index in [1.807, 2.05) is 0 Å². The number of hydrogen-bond donors (Lipinski definition) is 2. The summed E-state index contributed by atoms with van der Waals surface area (Å²) in [6.07, 6.45) is -0.299. The van der Waals surface area contributed by atoms with E-state index < -0.39 is 11.9 Å². The lowest BCUT2D eigenvalue weighted by Gasteiger charge is -2.10. The molecule has 2 rings (SSSR count). The van der Waals surface area contributed by atoms with Gasteiger partial charge in [0.2, 0.25) is 0 Å². The summed E-state index contributed by atoms with van der Waals surface area (Å²) < 4.78 is 0.574. The minimum absolute atomic E-state index is 0.00301.